The SMILES string of the molecule is CC(=O)Nc1cc(F)cc(C(C)=O)n1. The molecule has 0 bridgehead atoms. The van der Waals surface area contributed by atoms with Crippen molar-refractivity contribution >= 4 is 17.5 Å². The number of hydrogen-bond donors (Lipinski definition) is 1. The zero-order valence-corrected chi connectivity index (χ0v) is 7.80. The molecule has 0 spiro atoms. The van der Waals surface area contributed by atoms with Crippen LogP contribution in [0.1, 0.15) is 24.3 Å². The summed E-state index contributed by atoms with van der Waals surface area (Å²) in [5.41, 5.74) is -0.00579. The molecule has 1 aromatic rings. The molecule has 0 aliphatic heterocycles. The van der Waals surface area contributed by atoms with Gasteiger partial charge in [-0.3, -0.25) is 9.59 Å². The Hall–Kier alpha value is -1.78. The number of nitrogens with zero attached hydrogens (tertiary/aromatic N) is 1. The summed E-state index contributed by atoms with van der Waals surface area (Å²) in [7, 11) is 0. The van der Waals surface area contributed by atoms with Crippen LogP contribution >= 0.6 is 0 Å². The largest absolute Gasteiger partial charge is 0.311 e. The van der Waals surface area contributed by atoms with Crippen LogP contribution in [0.5, 0.6) is 0 Å². The molecule has 0 fully saturated rings. The molecule has 0 unspecified atom stereocenters. The van der Waals surface area contributed by atoms with E-state index in [-0.39, 0.29) is 23.2 Å². The van der Waals surface area contributed by atoms with Gasteiger partial charge in [0.05, 0.1) is 0 Å². The number of hydrogen-bond acceptors (Lipinski definition) is 3. The highest BCUT2D eigenvalue weighted by Crippen LogP contribution is 2.09. The van der Waals surface area contributed by atoms with Gasteiger partial charge in [-0.1, -0.05) is 0 Å². The fourth-order valence-electron chi connectivity index (χ4n) is 0.922. The van der Waals surface area contributed by atoms with Gasteiger partial charge in [-0.25, -0.2) is 9.37 Å². The number of rotatable bonds is 2. The number of nitrogens with one attached hydrogen (secondary N) is 1. The summed E-state index contributed by atoms with van der Waals surface area (Å²) in [6.45, 7) is 2.55. The number of amides is 1. The average Bonchev–Trinajstić information content (AvgIpc) is 2.01. The lowest BCUT2D eigenvalue weighted by molar-refractivity contribution is -0.114. The summed E-state index contributed by atoms with van der Waals surface area (Å²) in [5.74, 6) is -1.27. The highest BCUT2D eigenvalue weighted by Gasteiger charge is 2.06. The molecule has 4 nitrogen and oxygen atoms in total. The van der Waals surface area contributed by atoms with Crippen molar-refractivity contribution in [3.63, 3.8) is 0 Å². The summed E-state index contributed by atoms with van der Waals surface area (Å²) >= 11 is 0. The predicted octanol–water partition coefficient (Wildman–Crippen LogP) is 1.38. The van der Waals surface area contributed by atoms with E-state index in [1.807, 2.05) is 0 Å². The van der Waals surface area contributed by atoms with Crippen LogP contribution in [0.4, 0.5) is 10.2 Å². The third kappa shape index (κ3) is 2.62. The molecule has 74 valence electrons. The van der Waals surface area contributed by atoms with E-state index in [0.717, 1.165) is 12.1 Å². The number of Topliss-reactive ketones (excluding diaryl/α,β-unsaturated/α-hetero) is 1. The van der Waals surface area contributed by atoms with Gasteiger partial charge in [-0.2, -0.15) is 0 Å². The van der Waals surface area contributed by atoms with Gasteiger partial charge < -0.3 is 5.32 Å². The molecule has 14 heavy (non-hydrogen) atoms. The van der Waals surface area contributed by atoms with E-state index in [1.54, 1.807) is 0 Å². The molecule has 0 saturated heterocycles. The molecule has 1 N–H and O–H groups in total. The second kappa shape index (κ2) is 3.95. The molecule has 0 aliphatic rings. The molecular formula is C9H9FN2O2. The first-order chi connectivity index (χ1) is 6.49. The molecule has 1 amide bonds. The van der Waals surface area contributed by atoms with Gasteiger partial charge in [-0.05, 0) is 0 Å². The molecule has 0 atom stereocenters. The molecule has 0 radical (unpaired) electrons. The quantitative estimate of drug-likeness (QED) is 0.727. The molecule has 0 saturated carbocycles. The van der Waals surface area contributed by atoms with Crippen molar-refractivity contribution in [3.05, 3.63) is 23.6 Å². The van der Waals surface area contributed by atoms with E-state index < -0.39 is 5.82 Å². The van der Waals surface area contributed by atoms with Crippen LogP contribution in [0.2, 0.25) is 0 Å². The number of pyridine rings is 1. The van der Waals surface area contributed by atoms with Gasteiger partial charge in [0.2, 0.25) is 5.91 Å². The minimum Gasteiger partial charge on any atom is -0.311 e. The van der Waals surface area contributed by atoms with Gasteiger partial charge in [0, 0.05) is 26.0 Å². The number of ketones is 1. The summed E-state index contributed by atoms with van der Waals surface area (Å²) < 4.78 is 12.9. The molecule has 1 aromatic heterocycles. The van der Waals surface area contributed by atoms with E-state index in [2.05, 4.69) is 10.3 Å². The topological polar surface area (TPSA) is 59.1 Å². The van der Waals surface area contributed by atoms with Crippen LogP contribution in [-0.4, -0.2) is 16.7 Å². The Morgan fingerprint density at radius 1 is 1.36 bits per heavy atom. The lowest BCUT2D eigenvalue weighted by atomic mass is 10.2. The Morgan fingerprint density at radius 3 is 2.50 bits per heavy atom. The van der Waals surface area contributed by atoms with Gasteiger partial charge in [0.15, 0.2) is 5.78 Å². The monoisotopic (exact) mass is 196 g/mol. The van der Waals surface area contributed by atoms with Crippen molar-refractivity contribution in [1.29, 1.82) is 0 Å². The maximum atomic E-state index is 12.9. The molecule has 1 rings (SSSR count). The summed E-state index contributed by atoms with van der Waals surface area (Å²) in [6.07, 6.45) is 0. The summed E-state index contributed by atoms with van der Waals surface area (Å²) in [4.78, 5) is 25.3. The van der Waals surface area contributed by atoms with Crippen LogP contribution in [0.15, 0.2) is 12.1 Å². The Morgan fingerprint density at radius 2 is 2.00 bits per heavy atom. The zero-order valence-electron chi connectivity index (χ0n) is 7.80. The van der Waals surface area contributed by atoms with E-state index in [9.17, 15) is 14.0 Å². The van der Waals surface area contributed by atoms with Crippen molar-refractivity contribution in [1.82, 2.24) is 4.98 Å². The van der Waals surface area contributed by atoms with Crippen LogP contribution in [-0.2, 0) is 4.79 Å². The van der Waals surface area contributed by atoms with Crippen molar-refractivity contribution in [2.45, 2.75) is 13.8 Å². The van der Waals surface area contributed by atoms with Crippen molar-refractivity contribution in [2.75, 3.05) is 5.32 Å². The Labute approximate surface area is 80.1 Å². The van der Waals surface area contributed by atoms with Crippen LogP contribution in [0, 0.1) is 5.82 Å². The summed E-state index contributed by atoms with van der Waals surface area (Å²) in [5, 5.41) is 2.30. The Kier molecular flexibility index (Phi) is 2.91. The molecular weight excluding hydrogens is 187 g/mol. The van der Waals surface area contributed by atoms with Crippen molar-refractivity contribution in [3.8, 4) is 0 Å². The van der Waals surface area contributed by atoms with E-state index >= 15 is 0 Å². The predicted molar refractivity (Wildman–Crippen MR) is 48.5 cm³/mol. The van der Waals surface area contributed by atoms with Gasteiger partial charge >= 0.3 is 0 Å². The number of carbonyl (C=O) groups excluding carboxylic acids is 2. The van der Waals surface area contributed by atoms with E-state index in [1.165, 1.54) is 13.8 Å². The number of aromatic nitrogens is 1. The molecule has 1 heterocycles. The van der Waals surface area contributed by atoms with E-state index in [4.69, 9.17) is 0 Å². The highest BCUT2D eigenvalue weighted by atomic mass is 19.1. The van der Waals surface area contributed by atoms with Gasteiger partial charge in [0.1, 0.15) is 17.3 Å². The van der Waals surface area contributed by atoms with Crippen LogP contribution in [0.3, 0.4) is 0 Å². The maximum absolute atomic E-state index is 12.9. The first-order valence-corrected chi connectivity index (χ1v) is 3.95. The van der Waals surface area contributed by atoms with Gasteiger partial charge in [-0.15, -0.1) is 0 Å². The second-order valence-electron chi connectivity index (χ2n) is 2.79. The summed E-state index contributed by atoms with van der Waals surface area (Å²) in [6, 6.07) is 2.07. The minimum absolute atomic E-state index is 0.00579. The minimum atomic E-state index is -0.603. The van der Waals surface area contributed by atoms with Crippen molar-refractivity contribution in [2.24, 2.45) is 0 Å². The van der Waals surface area contributed by atoms with E-state index in [0.29, 0.717) is 0 Å². The second-order valence-corrected chi connectivity index (χ2v) is 2.79. The standard InChI is InChI=1S/C9H9FN2O2/c1-5(13)8-3-7(10)4-9(12-8)11-6(2)14/h3-4H,1-2H3,(H,11,12,14). The maximum Gasteiger partial charge on any atom is 0.222 e. The lowest BCUT2D eigenvalue weighted by Gasteiger charge is -2.02. The van der Waals surface area contributed by atoms with Crippen LogP contribution in [0.25, 0.3) is 0 Å². The first-order valence-electron chi connectivity index (χ1n) is 3.95. The Bertz CT molecular complexity index is 390. The fraction of sp³-hybridized carbons (Fsp3) is 0.222. The first kappa shape index (κ1) is 10.3. The highest BCUT2D eigenvalue weighted by molar-refractivity contribution is 5.93. The third-order valence-electron chi connectivity index (χ3n) is 1.45. The molecule has 5 heteroatoms. The van der Waals surface area contributed by atoms with Gasteiger partial charge in [0.25, 0.3) is 0 Å². The zero-order chi connectivity index (χ0) is 10.7. The Balaban J connectivity index is 3.07. The smallest absolute Gasteiger partial charge is 0.222 e. The average molecular weight is 196 g/mol. The van der Waals surface area contributed by atoms with Crippen LogP contribution < -0.4 is 5.32 Å². The number of carbonyl (C=O) groups is 2. The fourth-order valence-corrected chi connectivity index (χ4v) is 0.922. The molecule has 0 aliphatic carbocycles. The number of halogens is 1. The number of anilines is 1. The molecule has 0 aromatic carbocycles. The van der Waals surface area contributed by atoms with Crippen molar-refractivity contribution < 1.29 is 14.0 Å². The normalized spacial score (nSPS) is 9.64. The lowest BCUT2D eigenvalue weighted by Crippen LogP contribution is -2.10. The third-order valence-corrected chi connectivity index (χ3v) is 1.45.